The summed E-state index contributed by atoms with van der Waals surface area (Å²) in [6.45, 7) is 1.13. The Kier molecular flexibility index (Phi) is 3.64. The molecule has 1 fully saturated rings. The number of esters is 1. The normalized spacial score (nSPS) is 18.7. The van der Waals surface area contributed by atoms with Crippen LogP contribution in [0.1, 0.15) is 23.2 Å². The van der Waals surface area contributed by atoms with Crippen molar-refractivity contribution in [3.63, 3.8) is 0 Å². The van der Waals surface area contributed by atoms with E-state index in [0.29, 0.717) is 18.7 Å². The molecule has 5 heteroatoms. The maximum atomic E-state index is 12.6. The highest BCUT2D eigenvalue weighted by Crippen LogP contribution is 2.21. The van der Waals surface area contributed by atoms with Gasteiger partial charge in [0.05, 0.1) is 13.0 Å². The van der Waals surface area contributed by atoms with Crippen LogP contribution in [0.2, 0.25) is 0 Å². The Hall–Kier alpha value is -2.30. The zero-order chi connectivity index (χ0) is 14.8. The van der Waals surface area contributed by atoms with Gasteiger partial charge < -0.3 is 14.6 Å². The van der Waals surface area contributed by atoms with E-state index in [9.17, 15) is 9.59 Å². The topological polar surface area (TPSA) is 62.4 Å². The lowest BCUT2D eigenvalue weighted by atomic mass is 9.97. The fraction of sp³-hybridized carbons (Fsp3) is 0.375. The predicted molar refractivity (Wildman–Crippen MR) is 78.9 cm³/mol. The van der Waals surface area contributed by atoms with Gasteiger partial charge in [-0.2, -0.15) is 0 Å². The number of piperidine rings is 1. The van der Waals surface area contributed by atoms with Crippen LogP contribution in [0.15, 0.2) is 30.5 Å². The molecule has 1 aliphatic rings. The smallest absolute Gasteiger partial charge is 0.310 e. The van der Waals surface area contributed by atoms with Gasteiger partial charge in [-0.25, -0.2) is 0 Å². The molecule has 3 rings (SSSR count). The number of likely N-dealkylation sites (tertiary alicyclic amines) is 1. The first-order valence-electron chi connectivity index (χ1n) is 7.13. The second kappa shape index (κ2) is 5.60. The minimum absolute atomic E-state index is 0.0216. The summed E-state index contributed by atoms with van der Waals surface area (Å²) >= 11 is 0. The van der Waals surface area contributed by atoms with Crippen LogP contribution in [0.3, 0.4) is 0 Å². The van der Waals surface area contributed by atoms with E-state index in [-0.39, 0.29) is 17.8 Å². The van der Waals surface area contributed by atoms with Crippen molar-refractivity contribution in [1.29, 1.82) is 0 Å². The van der Waals surface area contributed by atoms with Crippen molar-refractivity contribution in [2.45, 2.75) is 12.8 Å². The lowest BCUT2D eigenvalue weighted by molar-refractivity contribution is -0.146. The van der Waals surface area contributed by atoms with E-state index in [4.69, 9.17) is 4.74 Å². The molecule has 1 amide bonds. The van der Waals surface area contributed by atoms with Gasteiger partial charge in [0.2, 0.25) is 0 Å². The number of carbonyl (C=O) groups excluding carboxylic acids is 2. The summed E-state index contributed by atoms with van der Waals surface area (Å²) in [4.78, 5) is 29.1. The van der Waals surface area contributed by atoms with Crippen LogP contribution >= 0.6 is 0 Å². The molecule has 1 N–H and O–H groups in total. The summed E-state index contributed by atoms with van der Waals surface area (Å²) in [7, 11) is 1.39. The quantitative estimate of drug-likeness (QED) is 0.861. The first-order valence-corrected chi connectivity index (χ1v) is 7.13. The lowest BCUT2D eigenvalue weighted by Crippen LogP contribution is -2.42. The zero-order valence-corrected chi connectivity index (χ0v) is 12.0. The predicted octanol–water partition coefficient (Wildman–Crippen LogP) is 2.19. The number of nitrogens with zero attached hydrogens (tertiary/aromatic N) is 1. The third-order valence-electron chi connectivity index (χ3n) is 4.04. The van der Waals surface area contributed by atoms with Crippen LogP contribution < -0.4 is 0 Å². The average molecular weight is 286 g/mol. The molecular weight excluding hydrogens is 268 g/mol. The number of hydrogen-bond donors (Lipinski definition) is 1. The molecule has 0 aliphatic carbocycles. The van der Waals surface area contributed by atoms with Gasteiger partial charge in [-0.05, 0) is 37.1 Å². The van der Waals surface area contributed by atoms with Gasteiger partial charge >= 0.3 is 5.97 Å². The van der Waals surface area contributed by atoms with Crippen molar-refractivity contribution in [3.8, 4) is 0 Å². The van der Waals surface area contributed by atoms with Crippen molar-refractivity contribution in [2.24, 2.45) is 5.92 Å². The first kappa shape index (κ1) is 13.7. The van der Waals surface area contributed by atoms with E-state index in [2.05, 4.69) is 4.98 Å². The third-order valence-corrected chi connectivity index (χ3v) is 4.04. The lowest BCUT2D eigenvalue weighted by Gasteiger charge is -2.31. The Balaban J connectivity index is 1.78. The van der Waals surface area contributed by atoms with Gasteiger partial charge in [-0.1, -0.05) is 0 Å². The van der Waals surface area contributed by atoms with E-state index in [1.165, 1.54) is 7.11 Å². The molecule has 110 valence electrons. The summed E-state index contributed by atoms with van der Waals surface area (Å²) in [6, 6.07) is 7.56. The maximum absolute atomic E-state index is 12.6. The number of carbonyl (C=O) groups is 2. The molecule has 0 unspecified atom stereocenters. The summed E-state index contributed by atoms with van der Waals surface area (Å²) in [5.74, 6) is -0.455. The fourth-order valence-electron chi connectivity index (χ4n) is 2.89. The number of fused-ring (bicyclic) bond motifs is 1. The Labute approximate surface area is 122 Å². The molecule has 0 saturated carbocycles. The van der Waals surface area contributed by atoms with Gasteiger partial charge in [0, 0.05) is 35.8 Å². The second-order valence-electron chi connectivity index (χ2n) is 5.39. The molecule has 2 aromatic rings. The standard InChI is InChI=1S/C16H18N2O3/c1-21-16(20)13-3-2-8-18(10-13)15(19)12-4-5-14-11(9-12)6-7-17-14/h4-7,9,13,17H,2-3,8,10H2,1H3/t13-/m0/s1. The number of nitrogens with one attached hydrogen (secondary N) is 1. The van der Waals surface area contributed by atoms with Crippen LogP contribution in [0.5, 0.6) is 0 Å². The van der Waals surface area contributed by atoms with Gasteiger partial charge in [0.25, 0.3) is 5.91 Å². The molecule has 1 aromatic carbocycles. The zero-order valence-electron chi connectivity index (χ0n) is 12.0. The van der Waals surface area contributed by atoms with Crippen molar-refractivity contribution >= 4 is 22.8 Å². The number of H-pyrrole nitrogens is 1. The summed E-state index contributed by atoms with van der Waals surface area (Å²) < 4.78 is 4.79. The molecule has 1 aliphatic heterocycles. The summed E-state index contributed by atoms with van der Waals surface area (Å²) in [5.41, 5.74) is 1.67. The number of aromatic nitrogens is 1. The summed E-state index contributed by atoms with van der Waals surface area (Å²) in [5, 5.41) is 1.02. The van der Waals surface area contributed by atoms with Crippen molar-refractivity contribution in [1.82, 2.24) is 9.88 Å². The third kappa shape index (κ3) is 2.63. The molecule has 0 radical (unpaired) electrons. The minimum atomic E-state index is -0.228. The fourth-order valence-corrected chi connectivity index (χ4v) is 2.89. The van der Waals surface area contributed by atoms with Gasteiger partial charge in [0.1, 0.15) is 0 Å². The maximum Gasteiger partial charge on any atom is 0.310 e. The highest BCUT2D eigenvalue weighted by molar-refractivity contribution is 5.98. The number of rotatable bonds is 2. The van der Waals surface area contributed by atoms with Crippen LogP contribution in [0.4, 0.5) is 0 Å². The van der Waals surface area contributed by atoms with Crippen LogP contribution in [-0.4, -0.2) is 42.0 Å². The second-order valence-corrected chi connectivity index (χ2v) is 5.39. The first-order chi connectivity index (χ1) is 10.2. The largest absolute Gasteiger partial charge is 0.469 e. The molecule has 21 heavy (non-hydrogen) atoms. The van der Waals surface area contributed by atoms with Crippen molar-refractivity contribution in [2.75, 3.05) is 20.2 Å². The van der Waals surface area contributed by atoms with Crippen molar-refractivity contribution < 1.29 is 14.3 Å². The van der Waals surface area contributed by atoms with E-state index < -0.39 is 0 Å². The number of benzene rings is 1. The molecule has 1 saturated heterocycles. The molecule has 0 bridgehead atoms. The van der Waals surface area contributed by atoms with Crippen LogP contribution in [-0.2, 0) is 9.53 Å². The highest BCUT2D eigenvalue weighted by Gasteiger charge is 2.29. The number of aromatic amines is 1. The van der Waals surface area contributed by atoms with Gasteiger partial charge in [0.15, 0.2) is 0 Å². The van der Waals surface area contributed by atoms with E-state index in [1.54, 1.807) is 4.90 Å². The molecule has 1 atom stereocenters. The van der Waals surface area contributed by atoms with Crippen LogP contribution in [0.25, 0.3) is 10.9 Å². The Bertz CT molecular complexity index is 677. The minimum Gasteiger partial charge on any atom is -0.469 e. The molecule has 0 spiro atoms. The monoisotopic (exact) mass is 286 g/mol. The van der Waals surface area contributed by atoms with Crippen LogP contribution in [0, 0.1) is 5.92 Å². The van der Waals surface area contributed by atoms with Gasteiger partial charge in [-0.15, -0.1) is 0 Å². The molecule has 2 heterocycles. The van der Waals surface area contributed by atoms with E-state index in [1.807, 2.05) is 30.5 Å². The number of methoxy groups -OCH3 is 1. The SMILES string of the molecule is COC(=O)[C@H]1CCCN(C(=O)c2ccc3[nH]ccc3c2)C1. The Morgan fingerprint density at radius 2 is 2.19 bits per heavy atom. The average Bonchev–Trinajstić information content (AvgIpc) is 3.01. The summed E-state index contributed by atoms with van der Waals surface area (Å²) in [6.07, 6.45) is 3.47. The van der Waals surface area contributed by atoms with Crippen molar-refractivity contribution in [3.05, 3.63) is 36.0 Å². The number of ether oxygens (including phenoxy) is 1. The Morgan fingerprint density at radius 3 is 3.00 bits per heavy atom. The van der Waals surface area contributed by atoms with E-state index in [0.717, 1.165) is 23.7 Å². The highest BCUT2D eigenvalue weighted by atomic mass is 16.5. The Morgan fingerprint density at radius 1 is 1.33 bits per heavy atom. The molecule has 5 nitrogen and oxygen atoms in total. The number of amides is 1. The van der Waals surface area contributed by atoms with Gasteiger partial charge in [-0.3, -0.25) is 9.59 Å². The molecular formula is C16H18N2O3. The van der Waals surface area contributed by atoms with E-state index >= 15 is 0 Å². The molecule has 1 aromatic heterocycles. The number of hydrogen-bond acceptors (Lipinski definition) is 3.